The van der Waals surface area contributed by atoms with Crippen LogP contribution in [0.25, 0.3) is 0 Å². The first-order valence-electron chi connectivity index (χ1n) is 5.74. The lowest BCUT2D eigenvalue weighted by Gasteiger charge is -2.18. The van der Waals surface area contributed by atoms with Gasteiger partial charge in [0, 0.05) is 9.61 Å². The zero-order valence-corrected chi connectivity index (χ0v) is 14.0. The molecule has 0 radical (unpaired) electrons. The highest BCUT2D eigenvalue weighted by Gasteiger charge is 2.19. The van der Waals surface area contributed by atoms with Crippen molar-refractivity contribution in [3.05, 3.63) is 49.8 Å². The molecule has 0 amide bonds. The molecule has 1 aromatic carbocycles. The quantitative estimate of drug-likeness (QED) is 0.767. The molecule has 2 N–H and O–H groups in total. The Balaban J connectivity index is 2.42. The predicted molar refractivity (Wildman–Crippen MR) is 85.5 cm³/mol. The second kappa shape index (κ2) is 5.71. The van der Waals surface area contributed by atoms with Crippen LogP contribution in [0.15, 0.2) is 34.9 Å². The van der Waals surface area contributed by atoms with Gasteiger partial charge < -0.3 is 5.73 Å². The lowest BCUT2D eigenvalue weighted by molar-refractivity contribution is 0.498. The lowest BCUT2D eigenvalue weighted by Crippen LogP contribution is -2.19. The monoisotopic (exact) mass is 419 g/mol. The summed E-state index contributed by atoms with van der Waals surface area (Å²) in [6.07, 6.45) is 1.81. The molecule has 0 aliphatic heterocycles. The summed E-state index contributed by atoms with van der Waals surface area (Å²) in [6.45, 7) is 4.20. The molecule has 3 nitrogen and oxygen atoms in total. The van der Waals surface area contributed by atoms with Crippen LogP contribution < -0.4 is 5.73 Å². The van der Waals surface area contributed by atoms with Crippen molar-refractivity contribution in [3.63, 3.8) is 0 Å². The van der Waals surface area contributed by atoms with Crippen LogP contribution >= 0.6 is 38.5 Å². The summed E-state index contributed by atoms with van der Waals surface area (Å²) in [4.78, 5) is 0. The van der Waals surface area contributed by atoms with Crippen molar-refractivity contribution >= 4 is 38.5 Å². The standard InChI is InChI=1S/C13H15BrIN3/c1-8(2)18-13(11(14)7-17-18)12(16)9-3-5-10(15)6-4-9/h3-8,12H,16H2,1-2H3. The van der Waals surface area contributed by atoms with Gasteiger partial charge in [0.15, 0.2) is 0 Å². The molecule has 5 heteroatoms. The lowest BCUT2D eigenvalue weighted by atomic mass is 10.0. The molecule has 1 unspecified atom stereocenters. The van der Waals surface area contributed by atoms with Crippen molar-refractivity contribution in [2.24, 2.45) is 5.73 Å². The Morgan fingerprint density at radius 2 is 1.89 bits per heavy atom. The smallest absolute Gasteiger partial charge is 0.0741 e. The van der Waals surface area contributed by atoms with Gasteiger partial charge in [-0.1, -0.05) is 12.1 Å². The molecule has 0 bridgehead atoms. The molecule has 18 heavy (non-hydrogen) atoms. The van der Waals surface area contributed by atoms with Gasteiger partial charge in [0.2, 0.25) is 0 Å². The Morgan fingerprint density at radius 1 is 1.28 bits per heavy atom. The molecule has 96 valence electrons. The molecular formula is C13H15BrIN3. The van der Waals surface area contributed by atoms with Crippen LogP contribution in [-0.2, 0) is 0 Å². The molecule has 0 saturated carbocycles. The van der Waals surface area contributed by atoms with Gasteiger partial charge in [-0.25, -0.2) is 0 Å². The number of benzene rings is 1. The number of hydrogen-bond donors (Lipinski definition) is 1. The number of halogens is 2. The van der Waals surface area contributed by atoms with Crippen LogP contribution in [0.2, 0.25) is 0 Å². The van der Waals surface area contributed by atoms with E-state index in [9.17, 15) is 0 Å². The highest BCUT2D eigenvalue weighted by molar-refractivity contribution is 14.1. The molecule has 1 aromatic heterocycles. The van der Waals surface area contributed by atoms with E-state index in [1.165, 1.54) is 3.57 Å². The first-order chi connectivity index (χ1) is 8.50. The SMILES string of the molecule is CC(C)n1ncc(Br)c1C(N)c1ccc(I)cc1. The molecule has 0 aliphatic carbocycles. The highest BCUT2D eigenvalue weighted by atomic mass is 127. The van der Waals surface area contributed by atoms with E-state index in [1.54, 1.807) is 0 Å². The van der Waals surface area contributed by atoms with E-state index in [0.29, 0.717) is 6.04 Å². The van der Waals surface area contributed by atoms with Crippen molar-refractivity contribution in [3.8, 4) is 0 Å². The molecule has 0 saturated heterocycles. The zero-order valence-electron chi connectivity index (χ0n) is 10.3. The van der Waals surface area contributed by atoms with E-state index >= 15 is 0 Å². The van der Waals surface area contributed by atoms with Crippen LogP contribution in [-0.4, -0.2) is 9.78 Å². The number of nitrogens with two attached hydrogens (primary N) is 1. The average Bonchev–Trinajstić information content (AvgIpc) is 2.71. The Hall–Kier alpha value is -0.400. The summed E-state index contributed by atoms with van der Waals surface area (Å²) in [5, 5.41) is 4.37. The van der Waals surface area contributed by atoms with E-state index in [0.717, 1.165) is 15.7 Å². The van der Waals surface area contributed by atoms with E-state index in [-0.39, 0.29) is 6.04 Å². The topological polar surface area (TPSA) is 43.8 Å². The molecule has 1 heterocycles. The maximum absolute atomic E-state index is 6.36. The van der Waals surface area contributed by atoms with E-state index < -0.39 is 0 Å². The van der Waals surface area contributed by atoms with Crippen LogP contribution in [0, 0.1) is 3.57 Å². The Labute approximate surface area is 129 Å². The summed E-state index contributed by atoms with van der Waals surface area (Å²) < 4.78 is 4.13. The summed E-state index contributed by atoms with van der Waals surface area (Å²) in [5.41, 5.74) is 8.47. The van der Waals surface area contributed by atoms with Crippen molar-refractivity contribution < 1.29 is 0 Å². The van der Waals surface area contributed by atoms with Gasteiger partial charge in [0.05, 0.1) is 22.4 Å². The molecule has 0 spiro atoms. The molecule has 2 rings (SSSR count). The van der Waals surface area contributed by atoms with Gasteiger partial charge in [-0.05, 0) is 70.1 Å². The van der Waals surface area contributed by atoms with Crippen molar-refractivity contribution in [1.82, 2.24) is 9.78 Å². The summed E-state index contributed by atoms with van der Waals surface area (Å²) in [6, 6.07) is 8.40. The highest BCUT2D eigenvalue weighted by Crippen LogP contribution is 2.29. The number of hydrogen-bond acceptors (Lipinski definition) is 2. The average molecular weight is 420 g/mol. The van der Waals surface area contributed by atoms with Gasteiger partial charge in [0.25, 0.3) is 0 Å². The maximum atomic E-state index is 6.36. The third kappa shape index (κ3) is 2.78. The minimum Gasteiger partial charge on any atom is -0.319 e. The van der Waals surface area contributed by atoms with Gasteiger partial charge in [-0.2, -0.15) is 5.10 Å². The minimum atomic E-state index is -0.165. The minimum absolute atomic E-state index is 0.165. The molecular weight excluding hydrogens is 405 g/mol. The third-order valence-corrected chi connectivity index (χ3v) is 4.13. The second-order valence-electron chi connectivity index (χ2n) is 4.45. The fourth-order valence-electron chi connectivity index (χ4n) is 1.88. The molecule has 0 fully saturated rings. The van der Waals surface area contributed by atoms with Gasteiger partial charge >= 0.3 is 0 Å². The zero-order chi connectivity index (χ0) is 13.3. The van der Waals surface area contributed by atoms with Crippen molar-refractivity contribution in [1.29, 1.82) is 0 Å². The predicted octanol–water partition coefficient (Wildman–Crippen LogP) is 3.88. The maximum Gasteiger partial charge on any atom is 0.0741 e. The third-order valence-electron chi connectivity index (χ3n) is 2.80. The first-order valence-corrected chi connectivity index (χ1v) is 7.62. The van der Waals surface area contributed by atoms with E-state index in [1.807, 2.05) is 10.9 Å². The van der Waals surface area contributed by atoms with E-state index in [2.05, 4.69) is 81.7 Å². The summed E-state index contributed by atoms with van der Waals surface area (Å²) >= 11 is 5.82. The van der Waals surface area contributed by atoms with Crippen LogP contribution in [0.5, 0.6) is 0 Å². The normalized spacial score (nSPS) is 13.0. The summed E-state index contributed by atoms with van der Waals surface area (Å²) in [7, 11) is 0. The number of rotatable bonds is 3. The van der Waals surface area contributed by atoms with Crippen LogP contribution in [0.4, 0.5) is 0 Å². The van der Waals surface area contributed by atoms with Crippen molar-refractivity contribution in [2.75, 3.05) is 0 Å². The summed E-state index contributed by atoms with van der Waals surface area (Å²) in [5.74, 6) is 0. The van der Waals surface area contributed by atoms with E-state index in [4.69, 9.17) is 5.73 Å². The van der Waals surface area contributed by atoms with Gasteiger partial charge in [-0.15, -0.1) is 0 Å². The largest absolute Gasteiger partial charge is 0.319 e. The molecule has 1 atom stereocenters. The number of aromatic nitrogens is 2. The van der Waals surface area contributed by atoms with Crippen molar-refractivity contribution in [2.45, 2.75) is 25.9 Å². The van der Waals surface area contributed by atoms with Gasteiger partial charge in [-0.3, -0.25) is 4.68 Å². The van der Waals surface area contributed by atoms with Crippen LogP contribution in [0.1, 0.15) is 37.2 Å². The fourth-order valence-corrected chi connectivity index (χ4v) is 2.76. The molecule has 0 aliphatic rings. The second-order valence-corrected chi connectivity index (χ2v) is 6.55. The van der Waals surface area contributed by atoms with Crippen LogP contribution in [0.3, 0.4) is 0 Å². The number of nitrogens with zero attached hydrogens (tertiary/aromatic N) is 2. The Bertz CT molecular complexity index is 534. The van der Waals surface area contributed by atoms with Gasteiger partial charge in [0.1, 0.15) is 0 Å². The Morgan fingerprint density at radius 3 is 2.44 bits per heavy atom. The Kier molecular flexibility index (Phi) is 4.45. The molecule has 2 aromatic rings. The fraction of sp³-hybridized carbons (Fsp3) is 0.308. The first kappa shape index (κ1) is 14.0.